The number of hydrogen-bond donors (Lipinski definition) is 1. The SMILES string of the molecule is COc1ccc(-c2ccc3nc(N)nn3c2C)c(F)c1. The Balaban J connectivity index is 2.21. The average Bonchev–Trinajstić information content (AvgIpc) is 2.81. The van der Waals surface area contributed by atoms with Gasteiger partial charge in [0.05, 0.1) is 7.11 Å². The first kappa shape index (κ1) is 12.4. The number of aromatic nitrogens is 3. The van der Waals surface area contributed by atoms with Crippen LogP contribution in [0.2, 0.25) is 0 Å². The summed E-state index contributed by atoms with van der Waals surface area (Å²) in [7, 11) is 1.50. The fourth-order valence-electron chi connectivity index (χ4n) is 2.21. The number of halogens is 1. The highest BCUT2D eigenvalue weighted by atomic mass is 19.1. The summed E-state index contributed by atoms with van der Waals surface area (Å²) in [5.74, 6) is 0.329. The minimum atomic E-state index is -0.347. The van der Waals surface area contributed by atoms with Crippen LogP contribution in [0.4, 0.5) is 10.3 Å². The molecular weight excluding hydrogens is 259 g/mol. The summed E-state index contributed by atoms with van der Waals surface area (Å²) in [6, 6.07) is 8.33. The standard InChI is InChI=1S/C14H13FN4O/c1-8-10(5-6-13-17-14(16)18-19(8)13)11-4-3-9(20-2)7-12(11)15/h3-7H,1-2H3,(H2,16,18). The van der Waals surface area contributed by atoms with Crippen LogP contribution in [0.3, 0.4) is 0 Å². The molecule has 0 unspecified atom stereocenters. The molecule has 0 amide bonds. The van der Waals surface area contributed by atoms with E-state index in [4.69, 9.17) is 10.5 Å². The third kappa shape index (κ3) is 1.85. The molecule has 1 aromatic carbocycles. The summed E-state index contributed by atoms with van der Waals surface area (Å²) >= 11 is 0. The van der Waals surface area contributed by atoms with Crippen LogP contribution >= 0.6 is 0 Å². The fraction of sp³-hybridized carbons (Fsp3) is 0.143. The first-order valence-corrected chi connectivity index (χ1v) is 6.06. The van der Waals surface area contributed by atoms with Gasteiger partial charge in [0.15, 0.2) is 5.65 Å². The number of hydrogen-bond acceptors (Lipinski definition) is 4. The van der Waals surface area contributed by atoms with Crippen LogP contribution in [0.1, 0.15) is 5.69 Å². The molecule has 6 heteroatoms. The maximum atomic E-state index is 14.2. The molecule has 0 atom stereocenters. The van der Waals surface area contributed by atoms with Crippen LogP contribution in [-0.2, 0) is 0 Å². The van der Waals surface area contributed by atoms with E-state index in [-0.39, 0.29) is 11.8 Å². The lowest BCUT2D eigenvalue weighted by atomic mass is 10.0. The zero-order valence-corrected chi connectivity index (χ0v) is 11.1. The Labute approximate surface area is 114 Å². The van der Waals surface area contributed by atoms with Crippen molar-refractivity contribution in [1.82, 2.24) is 14.6 Å². The van der Waals surface area contributed by atoms with E-state index in [1.165, 1.54) is 13.2 Å². The number of anilines is 1. The summed E-state index contributed by atoms with van der Waals surface area (Å²) in [5.41, 5.74) is 8.22. The smallest absolute Gasteiger partial charge is 0.240 e. The van der Waals surface area contributed by atoms with Gasteiger partial charge in [0.2, 0.25) is 5.95 Å². The molecule has 0 aliphatic heterocycles. The lowest BCUT2D eigenvalue weighted by Gasteiger charge is -2.09. The Kier molecular flexibility index (Phi) is 2.78. The number of ether oxygens (including phenoxy) is 1. The summed E-state index contributed by atoms with van der Waals surface area (Å²) in [4.78, 5) is 4.07. The van der Waals surface area contributed by atoms with Gasteiger partial charge >= 0.3 is 0 Å². The predicted molar refractivity (Wildman–Crippen MR) is 74.1 cm³/mol. The minimum absolute atomic E-state index is 0.195. The molecular formula is C14H13FN4O. The van der Waals surface area contributed by atoms with Gasteiger partial charge < -0.3 is 10.5 Å². The van der Waals surface area contributed by atoms with E-state index in [9.17, 15) is 4.39 Å². The molecule has 2 N–H and O–H groups in total. The molecule has 5 nitrogen and oxygen atoms in total. The molecule has 102 valence electrons. The van der Waals surface area contributed by atoms with Crippen LogP contribution < -0.4 is 10.5 Å². The quantitative estimate of drug-likeness (QED) is 0.778. The van der Waals surface area contributed by atoms with Gasteiger partial charge in [-0.25, -0.2) is 8.91 Å². The zero-order valence-electron chi connectivity index (χ0n) is 11.1. The van der Waals surface area contributed by atoms with Crippen LogP contribution in [0.25, 0.3) is 16.8 Å². The highest BCUT2D eigenvalue weighted by molar-refractivity contribution is 5.69. The van der Waals surface area contributed by atoms with Crippen LogP contribution in [0, 0.1) is 12.7 Å². The van der Waals surface area contributed by atoms with E-state index in [1.54, 1.807) is 22.7 Å². The Morgan fingerprint density at radius 1 is 1.20 bits per heavy atom. The number of methoxy groups -OCH3 is 1. The van der Waals surface area contributed by atoms with Crippen molar-refractivity contribution in [2.45, 2.75) is 6.92 Å². The monoisotopic (exact) mass is 272 g/mol. The summed E-state index contributed by atoms with van der Waals surface area (Å²) in [5, 5.41) is 4.10. The van der Waals surface area contributed by atoms with Gasteiger partial charge in [0.25, 0.3) is 0 Å². The molecule has 2 aromatic heterocycles. The molecule has 3 aromatic rings. The Hall–Kier alpha value is -2.63. The van der Waals surface area contributed by atoms with Crippen molar-refractivity contribution < 1.29 is 9.13 Å². The van der Waals surface area contributed by atoms with Gasteiger partial charge in [0.1, 0.15) is 11.6 Å². The van der Waals surface area contributed by atoms with Crippen molar-refractivity contribution in [1.29, 1.82) is 0 Å². The van der Waals surface area contributed by atoms with Crippen LogP contribution in [0.15, 0.2) is 30.3 Å². The number of rotatable bonds is 2. The molecule has 0 spiro atoms. The molecule has 20 heavy (non-hydrogen) atoms. The molecule has 0 saturated carbocycles. The molecule has 0 radical (unpaired) electrons. The van der Waals surface area contributed by atoms with Crippen molar-refractivity contribution in [2.75, 3.05) is 12.8 Å². The summed E-state index contributed by atoms with van der Waals surface area (Å²) in [6.45, 7) is 1.85. The van der Waals surface area contributed by atoms with Crippen LogP contribution in [-0.4, -0.2) is 21.7 Å². The highest BCUT2D eigenvalue weighted by Crippen LogP contribution is 2.29. The maximum Gasteiger partial charge on any atom is 0.240 e. The third-order valence-corrected chi connectivity index (χ3v) is 3.22. The predicted octanol–water partition coefficient (Wildman–Crippen LogP) is 2.43. The normalized spacial score (nSPS) is 10.9. The summed E-state index contributed by atoms with van der Waals surface area (Å²) < 4.78 is 20.8. The molecule has 0 saturated heterocycles. The number of fused-ring (bicyclic) bond motifs is 1. The van der Waals surface area contributed by atoms with Gasteiger partial charge in [-0.2, -0.15) is 4.98 Å². The number of nitrogens with two attached hydrogens (primary N) is 1. The van der Waals surface area contributed by atoms with E-state index in [0.717, 1.165) is 11.3 Å². The fourth-order valence-corrected chi connectivity index (χ4v) is 2.21. The second-order valence-electron chi connectivity index (χ2n) is 4.42. The molecule has 0 bridgehead atoms. The van der Waals surface area contributed by atoms with E-state index in [0.29, 0.717) is 17.0 Å². The largest absolute Gasteiger partial charge is 0.497 e. The molecule has 0 fully saturated rings. The summed E-state index contributed by atoms with van der Waals surface area (Å²) in [6.07, 6.45) is 0. The van der Waals surface area contributed by atoms with E-state index in [1.807, 2.05) is 13.0 Å². The number of nitrogens with zero attached hydrogens (tertiary/aromatic N) is 3. The number of pyridine rings is 1. The zero-order chi connectivity index (χ0) is 14.3. The van der Waals surface area contributed by atoms with Crippen molar-refractivity contribution in [3.05, 3.63) is 41.8 Å². The Morgan fingerprint density at radius 2 is 1.95 bits per heavy atom. The number of nitrogen functional groups attached to an aromatic ring is 1. The topological polar surface area (TPSA) is 65.4 Å². The van der Waals surface area contributed by atoms with E-state index in [2.05, 4.69) is 10.1 Å². The Bertz CT molecular complexity index is 797. The van der Waals surface area contributed by atoms with Crippen molar-refractivity contribution in [3.63, 3.8) is 0 Å². The van der Waals surface area contributed by atoms with Gasteiger partial charge in [-0.15, -0.1) is 5.10 Å². The van der Waals surface area contributed by atoms with Gasteiger partial charge in [-0.1, -0.05) is 0 Å². The van der Waals surface area contributed by atoms with Gasteiger partial charge in [-0.05, 0) is 31.2 Å². The molecule has 2 heterocycles. The van der Waals surface area contributed by atoms with Gasteiger partial charge in [0, 0.05) is 22.9 Å². The lowest BCUT2D eigenvalue weighted by Crippen LogP contribution is -1.98. The second kappa shape index (κ2) is 4.48. The molecule has 0 aliphatic rings. The van der Waals surface area contributed by atoms with E-state index < -0.39 is 0 Å². The van der Waals surface area contributed by atoms with Crippen LogP contribution in [0.5, 0.6) is 5.75 Å². The maximum absolute atomic E-state index is 14.2. The Morgan fingerprint density at radius 3 is 2.65 bits per heavy atom. The number of benzene rings is 1. The minimum Gasteiger partial charge on any atom is -0.497 e. The van der Waals surface area contributed by atoms with Crippen molar-refractivity contribution in [3.8, 4) is 16.9 Å². The second-order valence-corrected chi connectivity index (χ2v) is 4.42. The molecule has 0 aliphatic carbocycles. The van der Waals surface area contributed by atoms with Gasteiger partial charge in [-0.3, -0.25) is 0 Å². The highest BCUT2D eigenvalue weighted by Gasteiger charge is 2.12. The average molecular weight is 272 g/mol. The van der Waals surface area contributed by atoms with Crippen molar-refractivity contribution in [2.24, 2.45) is 0 Å². The molecule has 3 rings (SSSR count). The first-order chi connectivity index (χ1) is 9.60. The third-order valence-electron chi connectivity index (χ3n) is 3.22. The van der Waals surface area contributed by atoms with Crippen molar-refractivity contribution >= 4 is 11.6 Å². The lowest BCUT2D eigenvalue weighted by molar-refractivity contribution is 0.411. The first-order valence-electron chi connectivity index (χ1n) is 6.06. The van der Waals surface area contributed by atoms with E-state index >= 15 is 0 Å². The number of aryl methyl sites for hydroxylation is 1.